The number of hydrogen-bond acceptors (Lipinski definition) is 4. The summed E-state index contributed by atoms with van der Waals surface area (Å²) >= 11 is 5.78. The molecule has 0 spiro atoms. The molecule has 0 fully saturated rings. The highest BCUT2D eigenvalue weighted by Gasteiger charge is 2.12. The highest BCUT2D eigenvalue weighted by Crippen LogP contribution is 2.28. The van der Waals surface area contributed by atoms with E-state index in [0.29, 0.717) is 28.2 Å². The van der Waals surface area contributed by atoms with Crippen LogP contribution in [-0.2, 0) is 0 Å². The summed E-state index contributed by atoms with van der Waals surface area (Å²) < 4.78 is 25.5. The van der Waals surface area contributed by atoms with Gasteiger partial charge in [0.15, 0.2) is 0 Å². The molecule has 2 aromatic rings. The monoisotopic (exact) mass is 288 g/mol. The molecule has 2 heterocycles. The standard InChI is InChI=1S/C11H11ClF2N4O/c12-10-5-9(15-2-4-19)7(6-16-10)8-1-3-18(17-8)11(13)14/h1,3,5-6,11,19H,2,4H2,(H,15,16). The van der Waals surface area contributed by atoms with Crippen molar-refractivity contribution in [3.05, 3.63) is 29.7 Å². The lowest BCUT2D eigenvalue weighted by Gasteiger charge is -2.09. The van der Waals surface area contributed by atoms with E-state index in [1.807, 2.05) is 0 Å². The van der Waals surface area contributed by atoms with Crippen LogP contribution in [0.4, 0.5) is 14.5 Å². The summed E-state index contributed by atoms with van der Waals surface area (Å²) in [6.45, 7) is -2.45. The van der Waals surface area contributed by atoms with Gasteiger partial charge < -0.3 is 10.4 Å². The number of alkyl halides is 2. The summed E-state index contributed by atoms with van der Waals surface area (Å²) in [5.74, 6) is 0. The van der Waals surface area contributed by atoms with Crippen LogP contribution in [0.5, 0.6) is 0 Å². The van der Waals surface area contributed by atoms with Crippen LogP contribution in [0.1, 0.15) is 6.55 Å². The van der Waals surface area contributed by atoms with Crippen LogP contribution in [0, 0.1) is 0 Å². The van der Waals surface area contributed by atoms with Gasteiger partial charge in [-0.3, -0.25) is 0 Å². The van der Waals surface area contributed by atoms with Gasteiger partial charge >= 0.3 is 6.55 Å². The van der Waals surface area contributed by atoms with E-state index >= 15 is 0 Å². The van der Waals surface area contributed by atoms with Crippen molar-refractivity contribution >= 4 is 17.3 Å². The van der Waals surface area contributed by atoms with E-state index in [9.17, 15) is 8.78 Å². The largest absolute Gasteiger partial charge is 0.395 e. The zero-order chi connectivity index (χ0) is 13.8. The molecule has 0 saturated carbocycles. The molecule has 5 nitrogen and oxygen atoms in total. The van der Waals surface area contributed by atoms with Crippen LogP contribution in [-0.4, -0.2) is 33.0 Å². The van der Waals surface area contributed by atoms with E-state index in [4.69, 9.17) is 16.7 Å². The molecule has 0 bridgehead atoms. The Morgan fingerprint density at radius 2 is 2.26 bits per heavy atom. The lowest BCUT2D eigenvalue weighted by atomic mass is 10.2. The Bertz CT molecular complexity index is 561. The Morgan fingerprint density at radius 3 is 2.89 bits per heavy atom. The number of aliphatic hydroxyl groups excluding tert-OH is 1. The lowest BCUT2D eigenvalue weighted by molar-refractivity contribution is 0.0568. The van der Waals surface area contributed by atoms with Crippen molar-refractivity contribution in [1.29, 1.82) is 0 Å². The zero-order valence-electron chi connectivity index (χ0n) is 9.72. The molecule has 0 saturated heterocycles. The average molecular weight is 289 g/mol. The van der Waals surface area contributed by atoms with Crippen LogP contribution in [0.25, 0.3) is 11.3 Å². The Labute approximate surface area is 112 Å². The fourth-order valence-electron chi connectivity index (χ4n) is 1.56. The molecule has 0 radical (unpaired) electrons. The maximum Gasteiger partial charge on any atom is 0.333 e. The molecule has 0 aliphatic heterocycles. The summed E-state index contributed by atoms with van der Waals surface area (Å²) in [6, 6.07) is 3.01. The molecule has 0 unspecified atom stereocenters. The number of anilines is 1. The molecule has 2 aromatic heterocycles. The van der Waals surface area contributed by atoms with Crippen LogP contribution in [0.2, 0.25) is 5.15 Å². The van der Waals surface area contributed by atoms with Crippen LogP contribution < -0.4 is 5.32 Å². The molecule has 2 N–H and O–H groups in total. The van der Waals surface area contributed by atoms with E-state index in [-0.39, 0.29) is 11.8 Å². The van der Waals surface area contributed by atoms with Gasteiger partial charge in [0.05, 0.1) is 12.3 Å². The second-order valence-electron chi connectivity index (χ2n) is 3.66. The number of aromatic nitrogens is 3. The molecule has 8 heteroatoms. The summed E-state index contributed by atoms with van der Waals surface area (Å²) in [7, 11) is 0. The number of nitrogens with zero attached hydrogens (tertiary/aromatic N) is 3. The first-order valence-electron chi connectivity index (χ1n) is 5.46. The van der Waals surface area contributed by atoms with Crippen molar-refractivity contribution in [1.82, 2.24) is 14.8 Å². The molecule has 102 valence electrons. The fourth-order valence-corrected chi connectivity index (χ4v) is 1.72. The summed E-state index contributed by atoms with van der Waals surface area (Å²) in [5, 5.41) is 15.8. The smallest absolute Gasteiger partial charge is 0.333 e. The predicted molar refractivity (Wildman–Crippen MR) is 67.3 cm³/mol. The summed E-state index contributed by atoms with van der Waals surface area (Å²) in [4.78, 5) is 3.90. The average Bonchev–Trinajstić information content (AvgIpc) is 2.86. The third-order valence-electron chi connectivity index (χ3n) is 2.38. The second kappa shape index (κ2) is 5.94. The van der Waals surface area contributed by atoms with E-state index < -0.39 is 6.55 Å². The minimum absolute atomic E-state index is 0.0646. The molecule has 2 rings (SSSR count). The minimum atomic E-state index is -2.69. The van der Waals surface area contributed by atoms with Gasteiger partial charge in [0, 0.05) is 30.2 Å². The lowest BCUT2D eigenvalue weighted by Crippen LogP contribution is -2.07. The maximum absolute atomic E-state index is 12.5. The normalized spacial score (nSPS) is 11.0. The zero-order valence-corrected chi connectivity index (χ0v) is 10.5. The number of hydrogen-bond donors (Lipinski definition) is 2. The van der Waals surface area contributed by atoms with Gasteiger partial charge in [-0.05, 0) is 12.1 Å². The van der Waals surface area contributed by atoms with Crippen molar-refractivity contribution in [3.63, 3.8) is 0 Å². The molecular formula is C11H11ClF2N4O. The van der Waals surface area contributed by atoms with Crippen LogP contribution in [0.15, 0.2) is 24.5 Å². The fraction of sp³-hybridized carbons (Fsp3) is 0.273. The molecule has 0 amide bonds. The maximum atomic E-state index is 12.5. The van der Waals surface area contributed by atoms with Crippen molar-refractivity contribution in [2.24, 2.45) is 0 Å². The first-order valence-corrected chi connectivity index (χ1v) is 5.83. The first-order chi connectivity index (χ1) is 9.11. The van der Waals surface area contributed by atoms with Gasteiger partial charge in [0.25, 0.3) is 0 Å². The van der Waals surface area contributed by atoms with E-state index in [0.717, 1.165) is 0 Å². The number of halogens is 3. The van der Waals surface area contributed by atoms with Gasteiger partial charge in [-0.1, -0.05) is 11.6 Å². The van der Waals surface area contributed by atoms with Crippen LogP contribution in [0.3, 0.4) is 0 Å². The predicted octanol–water partition coefficient (Wildman–Crippen LogP) is 2.40. The number of aliphatic hydroxyl groups is 1. The number of pyridine rings is 1. The van der Waals surface area contributed by atoms with Crippen molar-refractivity contribution < 1.29 is 13.9 Å². The van der Waals surface area contributed by atoms with E-state index in [1.165, 1.54) is 18.5 Å². The van der Waals surface area contributed by atoms with Crippen molar-refractivity contribution in [2.75, 3.05) is 18.5 Å². The molecule has 19 heavy (non-hydrogen) atoms. The van der Waals surface area contributed by atoms with E-state index in [1.54, 1.807) is 6.07 Å². The van der Waals surface area contributed by atoms with E-state index in [2.05, 4.69) is 15.4 Å². The summed E-state index contributed by atoms with van der Waals surface area (Å²) in [6.07, 6.45) is 2.63. The Morgan fingerprint density at radius 1 is 1.47 bits per heavy atom. The third-order valence-corrected chi connectivity index (χ3v) is 2.59. The Kier molecular flexibility index (Phi) is 4.28. The highest BCUT2D eigenvalue weighted by molar-refractivity contribution is 6.29. The van der Waals surface area contributed by atoms with Gasteiger partial charge in [-0.15, -0.1) is 0 Å². The number of nitrogens with one attached hydrogen (secondary N) is 1. The molecule has 0 atom stereocenters. The van der Waals surface area contributed by atoms with Gasteiger partial charge in [-0.2, -0.15) is 13.9 Å². The minimum Gasteiger partial charge on any atom is -0.395 e. The Hall–Kier alpha value is -1.73. The molecule has 0 aliphatic carbocycles. The first kappa shape index (κ1) is 13.7. The topological polar surface area (TPSA) is 63.0 Å². The quantitative estimate of drug-likeness (QED) is 0.829. The Balaban J connectivity index is 2.36. The SMILES string of the molecule is OCCNc1cc(Cl)ncc1-c1ccn(C(F)F)n1. The van der Waals surface area contributed by atoms with Crippen LogP contribution >= 0.6 is 11.6 Å². The van der Waals surface area contributed by atoms with Gasteiger partial charge in [-0.25, -0.2) is 9.67 Å². The molecular weight excluding hydrogens is 278 g/mol. The highest BCUT2D eigenvalue weighted by atomic mass is 35.5. The van der Waals surface area contributed by atoms with Crippen molar-refractivity contribution in [3.8, 4) is 11.3 Å². The van der Waals surface area contributed by atoms with Gasteiger partial charge in [0.2, 0.25) is 0 Å². The third kappa shape index (κ3) is 3.18. The summed E-state index contributed by atoms with van der Waals surface area (Å²) in [5.41, 5.74) is 1.47. The molecule has 0 aliphatic rings. The molecule has 0 aromatic carbocycles. The van der Waals surface area contributed by atoms with Gasteiger partial charge in [0.1, 0.15) is 5.15 Å². The second-order valence-corrected chi connectivity index (χ2v) is 4.05. The van der Waals surface area contributed by atoms with Crippen molar-refractivity contribution in [2.45, 2.75) is 6.55 Å². The number of rotatable bonds is 5.